The Hall–Kier alpha value is -1.63. The Kier molecular flexibility index (Phi) is 4.34. The van der Waals surface area contributed by atoms with Crippen molar-refractivity contribution < 1.29 is 23.9 Å². The van der Waals surface area contributed by atoms with Gasteiger partial charge in [-0.3, -0.25) is 9.59 Å². The molecule has 0 unspecified atom stereocenters. The molecular formula is C18H28N2O5. The molecule has 7 heteroatoms. The summed E-state index contributed by atoms with van der Waals surface area (Å²) in [6.07, 6.45) is 0.553. The second-order valence-corrected chi connectivity index (χ2v) is 8.54. The maximum Gasteiger partial charge on any atom is 0.417 e. The second kappa shape index (κ2) is 5.97. The smallest absolute Gasteiger partial charge is 0.417 e. The van der Waals surface area contributed by atoms with Gasteiger partial charge in [0.05, 0.1) is 18.6 Å². The van der Waals surface area contributed by atoms with E-state index >= 15 is 0 Å². The van der Waals surface area contributed by atoms with Gasteiger partial charge >= 0.3 is 6.09 Å². The molecule has 3 aliphatic rings. The SMILES string of the molecule is CC(C)[C@H]1CO[C@]23CCN(C(=O)OC(C)(C)C)C(=O)[C@H]2CCC(=O)N13. The van der Waals surface area contributed by atoms with E-state index in [2.05, 4.69) is 13.8 Å². The van der Waals surface area contributed by atoms with E-state index in [-0.39, 0.29) is 30.3 Å². The molecule has 3 atom stereocenters. The van der Waals surface area contributed by atoms with Crippen molar-refractivity contribution >= 4 is 17.9 Å². The topological polar surface area (TPSA) is 76.1 Å². The van der Waals surface area contributed by atoms with Crippen LogP contribution in [-0.2, 0) is 19.1 Å². The number of amides is 3. The van der Waals surface area contributed by atoms with Crippen LogP contribution in [0.4, 0.5) is 4.79 Å². The summed E-state index contributed by atoms with van der Waals surface area (Å²) in [5.74, 6) is -0.496. The van der Waals surface area contributed by atoms with E-state index in [1.807, 2.05) is 0 Å². The molecule has 3 heterocycles. The first kappa shape index (κ1) is 18.2. The lowest BCUT2D eigenvalue weighted by atomic mass is 9.78. The first-order chi connectivity index (χ1) is 11.6. The molecule has 0 bridgehead atoms. The van der Waals surface area contributed by atoms with Crippen molar-refractivity contribution in [1.29, 1.82) is 0 Å². The third kappa shape index (κ3) is 2.92. The number of rotatable bonds is 1. The number of carbonyl (C=O) groups is 3. The summed E-state index contributed by atoms with van der Waals surface area (Å²) in [4.78, 5) is 41.0. The highest BCUT2D eigenvalue weighted by Gasteiger charge is 2.62. The van der Waals surface area contributed by atoms with Crippen LogP contribution < -0.4 is 0 Å². The van der Waals surface area contributed by atoms with E-state index in [1.54, 1.807) is 25.7 Å². The minimum Gasteiger partial charge on any atom is -0.443 e. The standard InChI is InChI=1S/C18H28N2O5/c1-11(2)13-10-24-18-8-9-19(16(23)25-17(3,4)5)15(22)12(18)6-7-14(21)20(13)18/h11-13H,6-10H2,1-5H3/t12-,13-,18-/m1/s1. The lowest BCUT2D eigenvalue weighted by Crippen LogP contribution is -2.67. The van der Waals surface area contributed by atoms with Crippen LogP contribution in [0.15, 0.2) is 0 Å². The predicted molar refractivity (Wildman–Crippen MR) is 89.4 cm³/mol. The molecule has 0 aromatic carbocycles. The first-order valence-electron chi connectivity index (χ1n) is 9.07. The lowest BCUT2D eigenvalue weighted by molar-refractivity contribution is -0.196. The maximum atomic E-state index is 13.0. The van der Waals surface area contributed by atoms with Crippen molar-refractivity contribution in [2.45, 2.75) is 71.2 Å². The van der Waals surface area contributed by atoms with Gasteiger partial charge in [-0.1, -0.05) is 13.8 Å². The minimum atomic E-state index is -0.889. The zero-order valence-corrected chi connectivity index (χ0v) is 15.7. The van der Waals surface area contributed by atoms with E-state index < -0.39 is 23.3 Å². The number of carbonyl (C=O) groups excluding carboxylic acids is 3. The predicted octanol–water partition coefficient (Wildman–Crippen LogP) is 2.14. The summed E-state index contributed by atoms with van der Waals surface area (Å²) in [6, 6.07) is -0.0174. The van der Waals surface area contributed by atoms with E-state index in [4.69, 9.17) is 9.47 Å². The molecule has 3 amide bonds. The van der Waals surface area contributed by atoms with Crippen LogP contribution in [0.25, 0.3) is 0 Å². The van der Waals surface area contributed by atoms with Gasteiger partial charge in [0, 0.05) is 19.4 Å². The molecule has 3 aliphatic heterocycles. The molecule has 140 valence electrons. The Morgan fingerprint density at radius 3 is 2.60 bits per heavy atom. The van der Waals surface area contributed by atoms with E-state index in [1.165, 1.54) is 4.90 Å². The quantitative estimate of drug-likeness (QED) is 0.723. The molecule has 0 aromatic heterocycles. The highest BCUT2D eigenvalue weighted by molar-refractivity contribution is 5.96. The van der Waals surface area contributed by atoms with Crippen LogP contribution in [0, 0.1) is 11.8 Å². The highest BCUT2D eigenvalue weighted by atomic mass is 16.6. The van der Waals surface area contributed by atoms with Crippen molar-refractivity contribution in [2.24, 2.45) is 11.8 Å². The van der Waals surface area contributed by atoms with Gasteiger partial charge in [-0.15, -0.1) is 0 Å². The van der Waals surface area contributed by atoms with Gasteiger partial charge in [-0.25, -0.2) is 9.69 Å². The third-order valence-corrected chi connectivity index (χ3v) is 5.34. The number of hydrogen-bond donors (Lipinski definition) is 0. The highest BCUT2D eigenvalue weighted by Crippen LogP contribution is 2.48. The second-order valence-electron chi connectivity index (χ2n) is 8.54. The molecular weight excluding hydrogens is 324 g/mol. The van der Waals surface area contributed by atoms with Crippen LogP contribution in [0.1, 0.15) is 53.9 Å². The number of nitrogens with zero attached hydrogens (tertiary/aromatic N) is 2. The van der Waals surface area contributed by atoms with Crippen molar-refractivity contribution in [2.75, 3.05) is 13.2 Å². The minimum absolute atomic E-state index is 0.0174. The molecule has 3 fully saturated rings. The average molecular weight is 352 g/mol. The fourth-order valence-electron chi connectivity index (χ4n) is 4.18. The molecule has 0 N–H and O–H groups in total. The first-order valence-corrected chi connectivity index (χ1v) is 9.07. The maximum absolute atomic E-state index is 13.0. The van der Waals surface area contributed by atoms with E-state index in [9.17, 15) is 14.4 Å². The molecule has 1 spiro atoms. The molecule has 0 aromatic rings. The van der Waals surface area contributed by atoms with Crippen molar-refractivity contribution in [1.82, 2.24) is 9.80 Å². The van der Waals surface area contributed by atoms with Crippen molar-refractivity contribution in [3.63, 3.8) is 0 Å². The number of likely N-dealkylation sites (tertiary alicyclic amines) is 1. The third-order valence-electron chi connectivity index (χ3n) is 5.34. The van der Waals surface area contributed by atoms with Crippen molar-refractivity contribution in [3.8, 4) is 0 Å². The van der Waals surface area contributed by atoms with Gasteiger partial charge in [0.1, 0.15) is 5.60 Å². The molecule has 0 aliphatic carbocycles. The zero-order chi connectivity index (χ0) is 18.6. The van der Waals surface area contributed by atoms with E-state index in [0.717, 1.165) is 0 Å². The fraction of sp³-hybridized carbons (Fsp3) is 0.833. The number of hydrogen-bond acceptors (Lipinski definition) is 5. The van der Waals surface area contributed by atoms with Crippen LogP contribution in [0.5, 0.6) is 0 Å². The van der Waals surface area contributed by atoms with Crippen LogP contribution in [0.2, 0.25) is 0 Å². The average Bonchev–Trinajstić information content (AvgIpc) is 2.86. The zero-order valence-electron chi connectivity index (χ0n) is 15.7. The summed E-state index contributed by atoms with van der Waals surface area (Å²) in [6.45, 7) is 10.1. The van der Waals surface area contributed by atoms with Crippen LogP contribution >= 0.6 is 0 Å². The molecule has 3 rings (SSSR count). The summed E-state index contributed by atoms with van der Waals surface area (Å²) < 4.78 is 11.5. The Balaban J connectivity index is 1.86. The Morgan fingerprint density at radius 2 is 2.00 bits per heavy atom. The lowest BCUT2D eigenvalue weighted by Gasteiger charge is -2.51. The summed E-state index contributed by atoms with van der Waals surface area (Å²) >= 11 is 0. The molecule has 25 heavy (non-hydrogen) atoms. The summed E-state index contributed by atoms with van der Waals surface area (Å²) in [7, 11) is 0. The van der Waals surface area contributed by atoms with Gasteiger partial charge in [0.15, 0.2) is 5.72 Å². The molecule has 3 saturated heterocycles. The monoisotopic (exact) mass is 352 g/mol. The summed E-state index contributed by atoms with van der Waals surface area (Å²) in [5.41, 5.74) is -1.55. The van der Waals surface area contributed by atoms with Gasteiger partial charge in [0.2, 0.25) is 11.8 Å². The number of piperidine rings is 2. The Labute approximate surface area is 148 Å². The van der Waals surface area contributed by atoms with Gasteiger partial charge in [0.25, 0.3) is 0 Å². The van der Waals surface area contributed by atoms with Gasteiger partial charge in [-0.2, -0.15) is 0 Å². The summed E-state index contributed by atoms with van der Waals surface area (Å²) in [5, 5.41) is 0. The number of ether oxygens (including phenoxy) is 2. The normalized spacial score (nSPS) is 32.7. The van der Waals surface area contributed by atoms with E-state index in [0.29, 0.717) is 25.9 Å². The van der Waals surface area contributed by atoms with Crippen molar-refractivity contribution in [3.05, 3.63) is 0 Å². The van der Waals surface area contributed by atoms with Crippen LogP contribution in [-0.4, -0.2) is 58.2 Å². The van der Waals surface area contributed by atoms with Gasteiger partial charge in [-0.05, 0) is 33.1 Å². The van der Waals surface area contributed by atoms with Crippen LogP contribution in [0.3, 0.4) is 0 Å². The van der Waals surface area contributed by atoms with Gasteiger partial charge < -0.3 is 14.4 Å². The largest absolute Gasteiger partial charge is 0.443 e. The fourth-order valence-corrected chi connectivity index (χ4v) is 4.18. The Bertz CT molecular complexity index is 597. The molecule has 0 radical (unpaired) electrons. The number of imide groups is 1. The molecule has 7 nitrogen and oxygen atoms in total. The Morgan fingerprint density at radius 1 is 1.32 bits per heavy atom. The molecule has 0 saturated carbocycles.